The van der Waals surface area contributed by atoms with E-state index in [1.54, 1.807) is 0 Å². The van der Waals surface area contributed by atoms with Gasteiger partial charge in [0.15, 0.2) is 0 Å². The predicted octanol–water partition coefficient (Wildman–Crippen LogP) is -1.08. The van der Waals surface area contributed by atoms with Crippen molar-refractivity contribution < 1.29 is 9.53 Å². The Hall–Kier alpha value is -0.650. The highest BCUT2D eigenvalue weighted by atomic mass is 16.5. The number of ether oxygens (including phenoxy) is 1. The number of nitrogens with zero attached hydrogens (tertiary/aromatic N) is 1. The van der Waals surface area contributed by atoms with Crippen molar-refractivity contribution in [1.29, 1.82) is 0 Å². The maximum absolute atomic E-state index is 12.0. The Kier molecular flexibility index (Phi) is 3.56. The summed E-state index contributed by atoms with van der Waals surface area (Å²) >= 11 is 0. The van der Waals surface area contributed by atoms with Crippen molar-refractivity contribution in [1.82, 2.24) is 10.2 Å². The van der Waals surface area contributed by atoms with E-state index < -0.39 is 0 Å². The molecular weight excluding hydrogens is 194 g/mol. The molecule has 2 saturated heterocycles. The number of rotatable bonds is 2. The molecule has 0 aliphatic carbocycles. The minimum absolute atomic E-state index is 0.0851. The Bertz CT molecular complexity index is 229. The Morgan fingerprint density at radius 2 is 2.13 bits per heavy atom. The number of piperazine rings is 1. The molecule has 2 rings (SSSR count). The van der Waals surface area contributed by atoms with Crippen molar-refractivity contribution in [2.24, 2.45) is 5.73 Å². The fraction of sp³-hybridized carbons (Fsp3) is 0.900. The SMILES string of the molecule is NCC1CCC(C(=O)N2CCNCC2)O1. The second-order valence-electron chi connectivity index (χ2n) is 4.14. The van der Waals surface area contributed by atoms with Crippen LogP contribution in [0.15, 0.2) is 0 Å². The zero-order valence-corrected chi connectivity index (χ0v) is 8.95. The molecule has 15 heavy (non-hydrogen) atoms. The van der Waals surface area contributed by atoms with Crippen LogP contribution in [0.3, 0.4) is 0 Å². The Morgan fingerprint density at radius 3 is 2.73 bits per heavy atom. The van der Waals surface area contributed by atoms with Crippen LogP contribution in [0.2, 0.25) is 0 Å². The third kappa shape index (κ3) is 2.48. The molecule has 2 atom stereocenters. The van der Waals surface area contributed by atoms with Gasteiger partial charge in [-0.15, -0.1) is 0 Å². The van der Waals surface area contributed by atoms with Crippen molar-refractivity contribution in [3.63, 3.8) is 0 Å². The van der Waals surface area contributed by atoms with Gasteiger partial charge in [0.2, 0.25) is 0 Å². The van der Waals surface area contributed by atoms with Gasteiger partial charge in [-0.25, -0.2) is 0 Å². The van der Waals surface area contributed by atoms with E-state index in [-0.39, 0.29) is 18.1 Å². The molecule has 2 unspecified atom stereocenters. The second-order valence-corrected chi connectivity index (χ2v) is 4.14. The van der Waals surface area contributed by atoms with Crippen LogP contribution < -0.4 is 11.1 Å². The van der Waals surface area contributed by atoms with Gasteiger partial charge in [0.05, 0.1) is 6.10 Å². The lowest BCUT2D eigenvalue weighted by Gasteiger charge is -2.29. The lowest BCUT2D eigenvalue weighted by atomic mass is 10.1. The molecule has 0 aromatic carbocycles. The van der Waals surface area contributed by atoms with Gasteiger partial charge < -0.3 is 20.7 Å². The number of carbonyl (C=O) groups excluding carboxylic acids is 1. The van der Waals surface area contributed by atoms with Gasteiger partial charge in [-0.2, -0.15) is 0 Å². The molecule has 0 aromatic rings. The van der Waals surface area contributed by atoms with E-state index in [4.69, 9.17) is 10.5 Å². The topological polar surface area (TPSA) is 67.6 Å². The molecule has 2 heterocycles. The highest BCUT2D eigenvalue weighted by Crippen LogP contribution is 2.20. The van der Waals surface area contributed by atoms with E-state index in [1.807, 2.05) is 4.90 Å². The summed E-state index contributed by atoms with van der Waals surface area (Å²) in [7, 11) is 0. The molecule has 86 valence electrons. The van der Waals surface area contributed by atoms with Gasteiger partial charge in [-0.3, -0.25) is 4.79 Å². The zero-order valence-electron chi connectivity index (χ0n) is 8.95. The molecule has 1 amide bonds. The molecule has 2 fully saturated rings. The first-order chi connectivity index (χ1) is 7.31. The van der Waals surface area contributed by atoms with E-state index in [0.29, 0.717) is 6.54 Å². The summed E-state index contributed by atoms with van der Waals surface area (Å²) in [6.45, 7) is 3.89. The fourth-order valence-electron chi connectivity index (χ4n) is 2.15. The van der Waals surface area contributed by atoms with Crippen LogP contribution in [-0.4, -0.2) is 55.7 Å². The van der Waals surface area contributed by atoms with E-state index in [2.05, 4.69) is 5.32 Å². The van der Waals surface area contributed by atoms with Gasteiger partial charge >= 0.3 is 0 Å². The average molecular weight is 213 g/mol. The van der Waals surface area contributed by atoms with Crippen molar-refractivity contribution in [3.05, 3.63) is 0 Å². The first kappa shape index (κ1) is 10.9. The summed E-state index contributed by atoms with van der Waals surface area (Å²) in [6.07, 6.45) is 1.59. The van der Waals surface area contributed by atoms with Crippen LogP contribution in [-0.2, 0) is 9.53 Å². The number of amides is 1. The van der Waals surface area contributed by atoms with Crippen LogP contribution in [0.25, 0.3) is 0 Å². The summed E-state index contributed by atoms with van der Waals surface area (Å²) in [5, 5.41) is 3.23. The van der Waals surface area contributed by atoms with Gasteiger partial charge in [-0.1, -0.05) is 0 Å². The zero-order chi connectivity index (χ0) is 10.7. The number of nitrogens with one attached hydrogen (secondary N) is 1. The Labute approximate surface area is 89.9 Å². The van der Waals surface area contributed by atoms with Crippen molar-refractivity contribution in [2.45, 2.75) is 25.0 Å². The Morgan fingerprint density at radius 1 is 1.40 bits per heavy atom. The van der Waals surface area contributed by atoms with Crippen LogP contribution >= 0.6 is 0 Å². The quantitative estimate of drug-likeness (QED) is 0.612. The molecule has 0 saturated carbocycles. The second kappa shape index (κ2) is 4.92. The molecule has 2 aliphatic rings. The summed E-state index contributed by atoms with van der Waals surface area (Å²) < 4.78 is 5.59. The highest BCUT2D eigenvalue weighted by molar-refractivity contribution is 5.81. The van der Waals surface area contributed by atoms with E-state index in [1.165, 1.54) is 0 Å². The van der Waals surface area contributed by atoms with Gasteiger partial charge in [0.25, 0.3) is 5.91 Å². The van der Waals surface area contributed by atoms with Gasteiger partial charge in [-0.05, 0) is 12.8 Å². The number of nitrogens with two attached hydrogens (primary N) is 1. The van der Waals surface area contributed by atoms with Crippen molar-refractivity contribution >= 4 is 5.91 Å². The largest absolute Gasteiger partial charge is 0.364 e. The molecular formula is C10H19N3O2. The number of carbonyl (C=O) groups is 1. The molecule has 0 aromatic heterocycles. The summed E-state index contributed by atoms with van der Waals surface area (Å²) in [6, 6.07) is 0. The third-order valence-electron chi connectivity index (χ3n) is 3.07. The highest BCUT2D eigenvalue weighted by Gasteiger charge is 2.33. The molecule has 0 radical (unpaired) electrons. The first-order valence-corrected chi connectivity index (χ1v) is 5.66. The molecule has 3 N–H and O–H groups in total. The standard InChI is InChI=1S/C10H19N3O2/c11-7-8-1-2-9(15-8)10(14)13-5-3-12-4-6-13/h8-9,12H,1-7,11H2. The lowest BCUT2D eigenvalue weighted by Crippen LogP contribution is -2.49. The Balaban J connectivity index is 1.85. The van der Waals surface area contributed by atoms with Gasteiger partial charge in [0.1, 0.15) is 6.10 Å². The third-order valence-corrected chi connectivity index (χ3v) is 3.07. The molecule has 2 aliphatic heterocycles. The maximum Gasteiger partial charge on any atom is 0.251 e. The minimum atomic E-state index is -0.239. The average Bonchev–Trinajstić information content (AvgIpc) is 2.78. The molecule has 5 nitrogen and oxygen atoms in total. The smallest absolute Gasteiger partial charge is 0.251 e. The van der Waals surface area contributed by atoms with E-state index in [9.17, 15) is 4.79 Å². The van der Waals surface area contributed by atoms with Crippen LogP contribution in [0.4, 0.5) is 0 Å². The van der Waals surface area contributed by atoms with Crippen LogP contribution in [0.1, 0.15) is 12.8 Å². The minimum Gasteiger partial charge on any atom is -0.364 e. The van der Waals surface area contributed by atoms with Crippen LogP contribution in [0, 0.1) is 0 Å². The maximum atomic E-state index is 12.0. The summed E-state index contributed by atoms with van der Waals surface area (Å²) in [5.74, 6) is 0.146. The summed E-state index contributed by atoms with van der Waals surface area (Å²) in [5.41, 5.74) is 5.51. The lowest BCUT2D eigenvalue weighted by molar-refractivity contribution is -0.143. The van der Waals surface area contributed by atoms with E-state index in [0.717, 1.165) is 39.0 Å². The molecule has 0 bridgehead atoms. The van der Waals surface area contributed by atoms with Gasteiger partial charge in [0, 0.05) is 32.7 Å². The predicted molar refractivity (Wildman–Crippen MR) is 56.4 cm³/mol. The normalized spacial score (nSPS) is 31.9. The molecule has 0 spiro atoms. The fourth-order valence-corrected chi connectivity index (χ4v) is 2.15. The monoisotopic (exact) mass is 213 g/mol. The number of hydrogen-bond donors (Lipinski definition) is 2. The van der Waals surface area contributed by atoms with Crippen molar-refractivity contribution in [3.8, 4) is 0 Å². The first-order valence-electron chi connectivity index (χ1n) is 5.66. The summed E-state index contributed by atoms with van der Waals surface area (Å²) in [4.78, 5) is 13.9. The van der Waals surface area contributed by atoms with Crippen molar-refractivity contribution in [2.75, 3.05) is 32.7 Å². The van der Waals surface area contributed by atoms with E-state index >= 15 is 0 Å². The number of hydrogen-bond acceptors (Lipinski definition) is 4. The van der Waals surface area contributed by atoms with Crippen LogP contribution in [0.5, 0.6) is 0 Å². The molecule has 5 heteroatoms.